The molecule has 0 spiro atoms. The fourth-order valence-corrected chi connectivity index (χ4v) is 1.74. The summed E-state index contributed by atoms with van der Waals surface area (Å²) in [6.45, 7) is 1.34. The summed E-state index contributed by atoms with van der Waals surface area (Å²) in [7, 11) is 0. The van der Waals surface area contributed by atoms with Crippen LogP contribution >= 0.6 is 11.3 Å². The Morgan fingerprint density at radius 2 is 2.31 bits per heavy atom. The third-order valence-electron chi connectivity index (χ3n) is 1.82. The van der Waals surface area contributed by atoms with Crippen LogP contribution in [0.2, 0.25) is 0 Å². The zero-order valence-corrected chi connectivity index (χ0v) is 7.87. The Morgan fingerprint density at radius 3 is 3.00 bits per heavy atom. The van der Waals surface area contributed by atoms with E-state index in [0.717, 1.165) is 12.2 Å². The molecule has 68 valence electrons. The maximum Gasteiger partial charge on any atom is 0.0952 e. The maximum absolute atomic E-state index is 5.55. The van der Waals surface area contributed by atoms with Crippen molar-refractivity contribution in [1.29, 1.82) is 0 Å². The van der Waals surface area contributed by atoms with E-state index in [1.807, 2.05) is 16.3 Å². The van der Waals surface area contributed by atoms with Crippen molar-refractivity contribution < 1.29 is 0 Å². The molecule has 0 aliphatic heterocycles. The molecule has 0 aliphatic rings. The van der Waals surface area contributed by atoms with Crippen LogP contribution in [-0.2, 0) is 13.1 Å². The largest absolute Gasteiger partial charge is 0.328 e. The lowest BCUT2D eigenvalue weighted by Gasteiger charge is -2.02. The molecular formula is C8H10N4S. The summed E-state index contributed by atoms with van der Waals surface area (Å²) in [5, 5.41) is 0. The summed E-state index contributed by atoms with van der Waals surface area (Å²) in [6, 6.07) is 0. The summed E-state index contributed by atoms with van der Waals surface area (Å²) in [4.78, 5) is 9.27. The second-order valence-corrected chi connectivity index (χ2v) is 3.66. The molecule has 0 radical (unpaired) electrons. The lowest BCUT2D eigenvalue weighted by Crippen LogP contribution is -2.06. The van der Waals surface area contributed by atoms with Gasteiger partial charge in [-0.05, 0) is 0 Å². The first-order chi connectivity index (χ1) is 6.40. The molecule has 0 unspecified atom stereocenters. The van der Waals surface area contributed by atoms with Gasteiger partial charge in [-0.1, -0.05) is 0 Å². The molecule has 0 fully saturated rings. The summed E-state index contributed by atoms with van der Waals surface area (Å²) < 4.78 is 2.04. The molecule has 0 aromatic carbocycles. The third-order valence-corrected chi connectivity index (χ3v) is 2.58. The summed E-state index contributed by atoms with van der Waals surface area (Å²) in [5.74, 6) is 0. The van der Waals surface area contributed by atoms with Gasteiger partial charge in [0.1, 0.15) is 0 Å². The normalized spacial score (nSPS) is 10.5. The Bertz CT molecular complexity index is 365. The highest BCUT2D eigenvalue weighted by Crippen LogP contribution is 2.09. The molecule has 13 heavy (non-hydrogen) atoms. The van der Waals surface area contributed by atoms with Crippen molar-refractivity contribution in [2.24, 2.45) is 5.73 Å². The minimum Gasteiger partial charge on any atom is -0.328 e. The number of nitrogens with two attached hydrogens (primary N) is 1. The van der Waals surface area contributed by atoms with E-state index in [9.17, 15) is 0 Å². The molecule has 0 bridgehead atoms. The molecule has 0 aliphatic carbocycles. The Labute approximate surface area is 80.1 Å². The summed E-state index contributed by atoms with van der Waals surface area (Å²) in [5.41, 5.74) is 8.43. The molecule has 5 heteroatoms. The maximum atomic E-state index is 5.55. The van der Waals surface area contributed by atoms with Crippen LogP contribution in [0.25, 0.3) is 0 Å². The van der Waals surface area contributed by atoms with Crippen molar-refractivity contribution in [1.82, 2.24) is 14.5 Å². The fraction of sp³-hybridized carbons (Fsp3) is 0.250. The molecule has 0 saturated carbocycles. The predicted molar refractivity (Wildman–Crippen MR) is 51.3 cm³/mol. The Kier molecular flexibility index (Phi) is 2.37. The van der Waals surface area contributed by atoms with Gasteiger partial charge in [0.25, 0.3) is 0 Å². The molecule has 2 aromatic heterocycles. The Morgan fingerprint density at radius 1 is 1.38 bits per heavy atom. The van der Waals surface area contributed by atoms with Crippen LogP contribution in [-0.4, -0.2) is 14.5 Å². The SMILES string of the molecule is NCc1cncn1Cc1cncs1. The first-order valence-electron chi connectivity index (χ1n) is 3.96. The van der Waals surface area contributed by atoms with Crippen LogP contribution in [0.5, 0.6) is 0 Å². The number of imidazole rings is 1. The van der Waals surface area contributed by atoms with Crippen molar-refractivity contribution in [2.45, 2.75) is 13.1 Å². The lowest BCUT2D eigenvalue weighted by molar-refractivity contribution is 0.747. The highest BCUT2D eigenvalue weighted by Gasteiger charge is 2.01. The highest BCUT2D eigenvalue weighted by atomic mass is 32.1. The van der Waals surface area contributed by atoms with E-state index in [4.69, 9.17) is 5.73 Å². The van der Waals surface area contributed by atoms with E-state index >= 15 is 0 Å². The van der Waals surface area contributed by atoms with Gasteiger partial charge in [0.15, 0.2) is 0 Å². The van der Waals surface area contributed by atoms with Gasteiger partial charge in [-0.15, -0.1) is 11.3 Å². The quantitative estimate of drug-likeness (QED) is 0.788. The third kappa shape index (κ3) is 1.76. The van der Waals surface area contributed by atoms with Gasteiger partial charge in [-0.25, -0.2) is 4.98 Å². The second kappa shape index (κ2) is 3.68. The number of nitrogens with zero attached hydrogens (tertiary/aromatic N) is 3. The van der Waals surface area contributed by atoms with Crippen LogP contribution in [0.15, 0.2) is 24.2 Å². The van der Waals surface area contributed by atoms with Gasteiger partial charge >= 0.3 is 0 Å². The van der Waals surface area contributed by atoms with Crippen LogP contribution in [0.4, 0.5) is 0 Å². The van der Waals surface area contributed by atoms with Crippen molar-refractivity contribution >= 4 is 11.3 Å². The van der Waals surface area contributed by atoms with Gasteiger partial charge in [-0.2, -0.15) is 0 Å². The molecule has 4 nitrogen and oxygen atoms in total. The summed E-state index contributed by atoms with van der Waals surface area (Å²) in [6.07, 6.45) is 5.45. The van der Waals surface area contributed by atoms with Crippen molar-refractivity contribution in [3.05, 3.63) is 34.8 Å². The monoisotopic (exact) mass is 194 g/mol. The van der Waals surface area contributed by atoms with Crippen LogP contribution in [0.1, 0.15) is 10.6 Å². The number of thiazole rings is 1. The van der Waals surface area contributed by atoms with E-state index in [1.54, 1.807) is 23.9 Å². The molecule has 0 saturated heterocycles. The standard InChI is InChI=1S/C8H10N4S/c9-1-7-2-10-5-12(7)4-8-3-11-6-13-8/h2-3,5-6H,1,4,9H2. The molecule has 2 rings (SSSR count). The van der Waals surface area contributed by atoms with Gasteiger partial charge < -0.3 is 10.3 Å². The van der Waals surface area contributed by atoms with Crippen LogP contribution < -0.4 is 5.73 Å². The van der Waals surface area contributed by atoms with Crippen LogP contribution in [0, 0.1) is 0 Å². The topological polar surface area (TPSA) is 56.7 Å². The first kappa shape index (κ1) is 8.40. The molecule has 2 aromatic rings. The molecular weight excluding hydrogens is 184 g/mol. The van der Waals surface area contributed by atoms with E-state index < -0.39 is 0 Å². The predicted octanol–water partition coefficient (Wildman–Crippen LogP) is 0.847. The smallest absolute Gasteiger partial charge is 0.0952 e. The van der Waals surface area contributed by atoms with Gasteiger partial charge in [0, 0.05) is 23.8 Å². The zero-order valence-electron chi connectivity index (χ0n) is 7.05. The number of hydrogen-bond donors (Lipinski definition) is 1. The minimum absolute atomic E-state index is 0.527. The summed E-state index contributed by atoms with van der Waals surface area (Å²) >= 11 is 1.64. The van der Waals surface area contributed by atoms with E-state index in [0.29, 0.717) is 6.54 Å². The van der Waals surface area contributed by atoms with Gasteiger partial charge in [0.05, 0.1) is 24.1 Å². The average Bonchev–Trinajstić information content (AvgIpc) is 2.76. The zero-order chi connectivity index (χ0) is 9.10. The van der Waals surface area contributed by atoms with E-state index in [-0.39, 0.29) is 0 Å². The average molecular weight is 194 g/mol. The molecule has 2 N–H and O–H groups in total. The number of rotatable bonds is 3. The lowest BCUT2D eigenvalue weighted by atomic mass is 10.4. The highest BCUT2D eigenvalue weighted by molar-refractivity contribution is 7.09. The van der Waals surface area contributed by atoms with E-state index in [1.165, 1.54) is 4.88 Å². The first-order valence-corrected chi connectivity index (χ1v) is 4.84. The van der Waals surface area contributed by atoms with Gasteiger partial charge in [0.2, 0.25) is 0 Å². The van der Waals surface area contributed by atoms with Crippen LogP contribution in [0.3, 0.4) is 0 Å². The number of aromatic nitrogens is 3. The van der Waals surface area contributed by atoms with E-state index in [2.05, 4.69) is 9.97 Å². The Hall–Kier alpha value is -1.20. The fourth-order valence-electron chi connectivity index (χ4n) is 1.15. The Balaban J connectivity index is 2.18. The minimum atomic E-state index is 0.527. The van der Waals surface area contributed by atoms with Gasteiger partial charge in [-0.3, -0.25) is 4.98 Å². The number of hydrogen-bond acceptors (Lipinski definition) is 4. The van der Waals surface area contributed by atoms with Crippen molar-refractivity contribution in [2.75, 3.05) is 0 Å². The molecule has 0 amide bonds. The van der Waals surface area contributed by atoms with Crippen molar-refractivity contribution in [3.8, 4) is 0 Å². The van der Waals surface area contributed by atoms with Crippen molar-refractivity contribution in [3.63, 3.8) is 0 Å². The second-order valence-electron chi connectivity index (χ2n) is 2.68. The molecule has 2 heterocycles. The molecule has 0 atom stereocenters.